The molecule has 2 N–H and O–H groups in total. The molecular weight excluding hydrogens is 342 g/mol. The van der Waals surface area contributed by atoms with E-state index in [-0.39, 0.29) is 5.75 Å². The number of aliphatic carboxylic acids is 1. The van der Waals surface area contributed by atoms with Gasteiger partial charge in [-0.15, -0.1) is 0 Å². The Labute approximate surface area is 151 Å². The molecule has 3 rings (SSSR count). The van der Waals surface area contributed by atoms with Gasteiger partial charge in [0.25, 0.3) is 0 Å². The molecule has 1 aliphatic rings. The Hall–Kier alpha value is -2.24. The van der Waals surface area contributed by atoms with E-state index in [0.29, 0.717) is 36.9 Å². The number of carboxylic acids is 1. The van der Waals surface area contributed by atoms with Crippen molar-refractivity contribution < 1.29 is 19.7 Å². The lowest BCUT2D eigenvalue weighted by molar-refractivity contribution is -0.143. The lowest BCUT2D eigenvalue weighted by Crippen LogP contribution is -2.41. The topological polar surface area (TPSA) is 70.0 Å². The normalized spacial score (nSPS) is 15.8. The number of hydrogen-bond donors (Lipinski definition) is 2. The highest BCUT2D eigenvalue weighted by Crippen LogP contribution is 2.38. The van der Waals surface area contributed by atoms with E-state index in [1.807, 2.05) is 36.1 Å². The molecule has 1 unspecified atom stereocenters. The monoisotopic (exact) mass is 361 g/mol. The van der Waals surface area contributed by atoms with Crippen molar-refractivity contribution in [3.63, 3.8) is 0 Å². The fraction of sp³-hybridized carbons (Fsp3) is 0.316. The first kappa shape index (κ1) is 17.6. The molecule has 132 valence electrons. The number of carbonyl (C=O) groups is 1. The van der Waals surface area contributed by atoms with Crippen molar-refractivity contribution in [1.82, 2.24) is 4.90 Å². The summed E-state index contributed by atoms with van der Waals surface area (Å²) in [5.41, 5.74) is 2.46. The SMILES string of the molecule is CCC(C(=O)O)N1CCOc2c(O)cc(-c3cccc(Cl)c3)cc2C1. The van der Waals surface area contributed by atoms with E-state index in [9.17, 15) is 15.0 Å². The fourth-order valence-corrected chi connectivity index (χ4v) is 3.40. The molecule has 2 aromatic carbocycles. The highest BCUT2D eigenvalue weighted by atomic mass is 35.5. The maximum Gasteiger partial charge on any atom is 0.320 e. The smallest absolute Gasteiger partial charge is 0.320 e. The molecule has 0 fully saturated rings. The molecule has 0 radical (unpaired) electrons. The van der Waals surface area contributed by atoms with Gasteiger partial charge in [-0.2, -0.15) is 0 Å². The van der Waals surface area contributed by atoms with Gasteiger partial charge < -0.3 is 14.9 Å². The van der Waals surface area contributed by atoms with E-state index in [2.05, 4.69) is 0 Å². The van der Waals surface area contributed by atoms with Crippen LogP contribution in [-0.4, -0.2) is 40.3 Å². The Morgan fingerprint density at radius 2 is 2.12 bits per heavy atom. The van der Waals surface area contributed by atoms with Crippen LogP contribution in [0.3, 0.4) is 0 Å². The molecule has 0 amide bonds. The summed E-state index contributed by atoms with van der Waals surface area (Å²) in [6.45, 7) is 3.08. The number of aromatic hydroxyl groups is 1. The second kappa shape index (κ2) is 7.33. The quantitative estimate of drug-likeness (QED) is 0.867. The van der Waals surface area contributed by atoms with Crippen LogP contribution in [0.1, 0.15) is 18.9 Å². The van der Waals surface area contributed by atoms with Crippen LogP contribution in [-0.2, 0) is 11.3 Å². The summed E-state index contributed by atoms with van der Waals surface area (Å²) in [5.74, 6) is -0.368. The van der Waals surface area contributed by atoms with E-state index < -0.39 is 12.0 Å². The molecule has 1 atom stereocenters. The number of benzene rings is 2. The van der Waals surface area contributed by atoms with Crippen LogP contribution in [0.2, 0.25) is 5.02 Å². The van der Waals surface area contributed by atoms with Gasteiger partial charge in [-0.1, -0.05) is 30.7 Å². The average Bonchev–Trinajstić information content (AvgIpc) is 2.78. The number of hydrogen-bond acceptors (Lipinski definition) is 4. The molecule has 25 heavy (non-hydrogen) atoms. The number of ether oxygens (including phenoxy) is 1. The van der Waals surface area contributed by atoms with Crippen LogP contribution in [0.25, 0.3) is 11.1 Å². The maximum absolute atomic E-state index is 11.5. The number of nitrogens with zero attached hydrogens (tertiary/aromatic N) is 1. The first-order valence-corrected chi connectivity index (χ1v) is 8.59. The predicted octanol–water partition coefficient (Wildman–Crippen LogP) is 3.77. The minimum atomic E-state index is -0.846. The second-order valence-electron chi connectivity index (χ2n) is 6.08. The fourth-order valence-electron chi connectivity index (χ4n) is 3.21. The van der Waals surface area contributed by atoms with E-state index in [1.54, 1.807) is 12.1 Å². The summed E-state index contributed by atoms with van der Waals surface area (Å²) in [5, 5.41) is 20.4. The van der Waals surface area contributed by atoms with Gasteiger partial charge in [0.1, 0.15) is 12.6 Å². The molecular formula is C19H20ClNO4. The molecule has 1 heterocycles. The number of rotatable bonds is 4. The van der Waals surface area contributed by atoms with Crippen LogP contribution in [0.5, 0.6) is 11.5 Å². The van der Waals surface area contributed by atoms with Crippen molar-refractivity contribution in [3.05, 3.63) is 47.0 Å². The zero-order valence-electron chi connectivity index (χ0n) is 13.9. The van der Waals surface area contributed by atoms with E-state index in [4.69, 9.17) is 16.3 Å². The van der Waals surface area contributed by atoms with Crippen molar-refractivity contribution in [1.29, 1.82) is 0 Å². The summed E-state index contributed by atoms with van der Waals surface area (Å²) in [7, 11) is 0. The molecule has 0 bridgehead atoms. The van der Waals surface area contributed by atoms with Crippen molar-refractivity contribution in [2.24, 2.45) is 0 Å². The molecule has 6 heteroatoms. The van der Waals surface area contributed by atoms with Gasteiger partial charge in [0, 0.05) is 23.7 Å². The number of phenols is 1. The molecule has 0 spiro atoms. The Bertz CT molecular complexity index is 793. The van der Waals surface area contributed by atoms with Crippen molar-refractivity contribution in [3.8, 4) is 22.6 Å². The highest BCUT2D eigenvalue weighted by molar-refractivity contribution is 6.30. The van der Waals surface area contributed by atoms with Gasteiger partial charge in [0.15, 0.2) is 11.5 Å². The third-order valence-corrected chi connectivity index (χ3v) is 4.65. The Morgan fingerprint density at radius 1 is 1.32 bits per heavy atom. The summed E-state index contributed by atoms with van der Waals surface area (Å²) in [6.07, 6.45) is 0.505. The standard InChI is InChI=1S/C19H20ClNO4/c1-2-16(19(23)24)21-6-7-25-18-14(11-21)8-13(10-17(18)22)12-4-3-5-15(20)9-12/h3-5,8-10,16,22H,2,6-7,11H2,1H3,(H,23,24). The number of fused-ring (bicyclic) bond motifs is 1. The molecule has 1 aliphatic heterocycles. The van der Waals surface area contributed by atoms with Crippen LogP contribution < -0.4 is 4.74 Å². The minimum absolute atomic E-state index is 0.0534. The van der Waals surface area contributed by atoms with E-state index in [1.165, 1.54) is 0 Å². The first-order chi connectivity index (χ1) is 12.0. The number of halogens is 1. The number of carboxylic acid groups (broad SMARTS) is 1. The molecule has 0 aliphatic carbocycles. The Balaban J connectivity index is 2.00. The molecule has 0 saturated heterocycles. The average molecular weight is 362 g/mol. The van der Waals surface area contributed by atoms with Crippen LogP contribution >= 0.6 is 11.6 Å². The third-order valence-electron chi connectivity index (χ3n) is 4.42. The van der Waals surface area contributed by atoms with Crippen molar-refractivity contribution in [2.75, 3.05) is 13.2 Å². The van der Waals surface area contributed by atoms with Crippen molar-refractivity contribution >= 4 is 17.6 Å². The Morgan fingerprint density at radius 3 is 2.80 bits per heavy atom. The summed E-state index contributed by atoms with van der Waals surface area (Å²) in [4.78, 5) is 13.4. The largest absolute Gasteiger partial charge is 0.504 e. The number of phenolic OH excluding ortho intramolecular Hbond substituents is 1. The molecule has 2 aromatic rings. The summed E-state index contributed by atoms with van der Waals surface area (Å²) in [6, 6.07) is 10.4. The van der Waals surface area contributed by atoms with Gasteiger partial charge in [-0.25, -0.2) is 0 Å². The molecule has 5 nitrogen and oxygen atoms in total. The van der Waals surface area contributed by atoms with Gasteiger partial charge in [-0.05, 0) is 41.8 Å². The summed E-state index contributed by atoms with van der Waals surface area (Å²) < 4.78 is 5.69. The lowest BCUT2D eigenvalue weighted by Gasteiger charge is -2.25. The van der Waals surface area contributed by atoms with E-state index in [0.717, 1.165) is 16.7 Å². The lowest BCUT2D eigenvalue weighted by atomic mass is 10.0. The Kier molecular flexibility index (Phi) is 5.16. The zero-order valence-corrected chi connectivity index (χ0v) is 14.7. The van der Waals surface area contributed by atoms with Crippen LogP contribution in [0.15, 0.2) is 36.4 Å². The van der Waals surface area contributed by atoms with Gasteiger partial charge in [-0.3, -0.25) is 9.69 Å². The summed E-state index contributed by atoms with van der Waals surface area (Å²) >= 11 is 6.06. The maximum atomic E-state index is 11.5. The van der Waals surface area contributed by atoms with Gasteiger partial charge >= 0.3 is 5.97 Å². The van der Waals surface area contributed by atoms with Crippen LogP contribution in [0.4, 0.5) is 0 Å². The van der Waals surface area contributed by atoms with Gasteiger partial charge in [0.05, 0.1) is 0 Å². The zero-order chi connectivity index (χ0) is 18.0. The second-order valence-corrected chi connectivity index (χ2v) is 6.51. The van der Waals surface area contributed by atoms with Crippen LogP contribution in [0, 0.1) is 0 Å². The first-order valence-electron chi connectivity index (χ1n) is 8.21. The van der Waals surface area contributed by atoms with Crippen molar-refractivity contribution in [2.45, 2.75) is 25.9 Å². The molecule has 0 saturated carbocycles. The molecule has 0 aromatic heterocycles. The van der Waals surface area contributed by atoms with Gasteiger partial charge in [0.2, 0.25) is 0 Å². The minimum Gasteiger partial charge on any atom is -0.504 e. The third kappa shape index (κ3) is 3.72. The predicted molar refractivity (Wildman–Crippen MR) is 96.2 cm³/mol. The highest BCUT2D eigenvalue weighted by Gasteiger charge is 2.28. The van der Waals surface area contributed by atoms with E-state index >= 15 is 0 Å².